The maximum absolute atomic E-state index is 6.07. The largest absolute Gasteiger partial charge is 0.497 e. The van der Waals surface area contributed by atoms with Gasteiger partial charge in [-0.25, -0.2) is 0 Å². The molecule has 1 aromatic carbocycles. The van der Waals surface area contributed by atoms with E-state index < -0.39 is 0 Å². The van der Waals surface area contributed by atoms with Crippen molar-refractivity contribution in [3.8, 4) is 5.75 Å². The van der Waals surface area contributed by atoms with Gasteiger partial charge in [0.05, 0.1) is 7.11 Å². The number of aryl methyl sites for hydroxylation is 1. The van der Waals surface area contributed by atoms with Crippen molar-refractivity contribution in [2.75, 3.05) is 13.0 Å². The third-order valence-electron chi connectivity index (χ3n) is 5.28. The van der Waals surface area contributed by atoms with E-state index in [4.69, 9.17) is 16.3 Å². The second-order valence-corrected chi connectivity index (χ2v) is 6.50. The molecule has 0 amide bonds. The van der Waals surface area contributed by atoms with Crippen LogP contribution in [0.15, 0.2) is 24.3 Å². The molecule has 0 spiro atoms. The highest BCUT2D eigenvalue weighted by atomic mass is 35.5. The first kappa shape index (κ1) is 13.7. The van der Waals surface area contributed by atoms with E-state index in [0.29, 0.717) is 16.7 Å². The fourth-order valence-electron chi connectivity index (χ4n) is 3.25. The van der Waals surface area contributed by atoms with Gasteiger partial charge >= 0.3 is 0 Å². The van der Waals surface area contributed by atoms with Gasteiger partial charge in [0.25, 0.3) is 0 Å². The predicted octanol–water partition coefficient (Wildman–Crippen LogP) is 4.53. The van der Waals surface area contributed by atoms with Gasteiger partial charge in [-0.15, -0.1) is 11.6 Å². The second-order valence-electron chi connectivity index (χ2n) is 6.19. The van der Waals surface area contributed by atoms with E-state index in [1.807, 2.05) is 12.1 Å². The lowest BCUT2D eigenvalue weighted by molar-refractivity contribution is 0.388. The molecule has 2 atom stereocenters. The zero-order chi connectivity index (χ0) is 13.4. The van der Waals surface area contributed by atoms with E-state index in [0.717, 1.165) is 18.1 Å². The van der Waals surface area contributed by atoms with Crippen LogP contribution in [0.4, 0.5) is 0 Å². The first-order valence-electron chi connectivity index (χ1n) is 6.64. The fourth-order valence-corrected chi connectivity index (χ4v) is 3.98. The van der Waals surface area contributed by atoms with Gasteiger partial charge in [-0.1, -0.05) is 32.9 Å². The Bertz CT molecular complexity index is 410. The lowest BCUT2D eigenvalue weighted by Crippen LogP contribution is -2.05. The molecule has 0 aromatic heterocycles. The summed E-state index contributed by atoms with van der Waals surface area (Å²) >= 11 is 6.07. The van der Waals surface area contributed by atoms with Gasteiger partial charge < -0.3 is 4.74 Å². The summed E-state index contributed by atoms with van der Waals surface area (Å²) in [5, 5.41) is 0. The van der Waals surface area contributed by atoms with Gasteiger partial charge in [0, 0.05) is 5.88 Å². The van der Waals surface area contributed by atoms with Gasteiger partial charge in [-0.05, 0) is 47.3 Å². The standard InChI is InChI=1S/C16H23ClO/c1-15(2)14(11-17)16(15,3)10-9-12-5-7-13(18-4)8-6-12/h5-8,14H,9-11H2,1-4H3. The van der Waals surface area contributed by atoms with Gasteiger partial charge in [0.15, 0.2) is 0 Å². The van der Waals surface area contributed by atoms with E-state index in [1.165, 1.54) is 12.0 Å². The number of methoxy groups -OCH3 is 1. The average molecular weight is 267 g/mol. The number of hydrogen-bond acceptors (Lipinski definition) is 1. The Balaban J connectivity index is 1.96. The zero-order valence-electron chi connectivity index (χ0n) is 11.8. The number of rotatable bonds is 5. The minimum Gasteiger partial charge on any atom is -0.497 e. The van der Waals surface area contributed by atoms with Crippen LogP contribution in [-0.2, 0) is 6.42 Å². The minimum absolute atomic E-state index is 0.390. The van der Waals surface area contributed by atoms with E-state index in [2.05, 4.69) is 32.9 Å². The molecular formula is C16H23ClO. The molecule has 0 radical (unpaired) electrons. The van der Waals surface area contributed by atoms with Gasteiger partial charge in [-0.3, -0.25) is 0 Å². The van der Waals surface area contributed by atoms with Crippen LogP contribution in [0.3, 0.4) is 0 Å². The normalized spacial score (nSPS) is 29.1. The Labute approximate surface area is 115 Å². The molecule has 1 nitrogen and oxygen atoms in total. The van der Waals surface area contributed by atoms with E-state index in [1.54, 1.807) is 7.11 Å². The zero-order valence-corrected chi connectivity index (χ0v) is 12.6. The van der Waals surface area contributed by atoms with Crippen LogP contribution >= 0.6 is 11.6 Å². The Kier molecular flexibility index (Phi) is 3.64. The first-order valence-corrected chi connectivity index (χ1v) is 7.18. The van der Waals surface area contributed by atoms with Gasteiger partial charge in [0.1, 0.15) is 5.75 Å². The van der Waals surface area contributed by atoms with Crippen LogP contribution in [0.2, 0.25) is 0 Å². The maximum Gasteiger partial charge on any atom is 0.118 e. The monoisotopic (exact) mass is 266 g/mol. The summed E-state index contributed by atoms with van der Waals surface area (Å²) in [7, 11) is 1.70. The topological polar surface area (TPSA) is 9.23 Å². The van der Waals surface area contributed by atoms with E-state index >= 15 is 0 Å². The second kappa shape index (κ2) is 4.77. The summed E-state index contributed by atoms with van der Waals surface area (Å²) in [6.45, 7) is 7.06. The Morgan fingerprint density at radius 2 is 1.78 bits per heavy atom. The molecule has 18 heavy (non-hydrogen) atoms. The first-order chi connectivity index (χ1) is 8.45. The number of halogens is 1. The summed E-state index contributed by atoms with van der Waals surface area (Å²) in [6, 6.07) is 8.39. The van der Waals surface area contributed by atoms with Crippen molar-refractivity contribution >= 4 is 11.6 Å². The molecule has 0 aliphatic heterocycles. The number of hydrogen-bond donors (Lipinski definition) is 0. The van der Waals surface area contributed by atoms with Gasteiger partial charge in [0.2, 0.25) is 0 Å². The van der Waals surface area contributed by atoms with Gasteiger partial charge in [-0.2, -0.15) is 0 Å². The highest BCUT2D eigenvalue weighted by Gasteiger charge is 2.66. The molecule has 0 heterocycles. The van der Waals surface area contributed by atoms with Crippen molar-refractivity contribution in [1.29, 1.82) is 0 Å². The molecule has 0 bridgehead atoms. The molecule has 0 saturated heterocycles. The molecule has 1 aliphatic rings. The highest BCUT2D eigenvalue weighted by molar-refractivity contribution is 6.18. The molecule has 2 rings (SSSR count). The Morgan fingerprint density at radius 1 is 1.17 bits per heavy atom. The predicted molar refractivity (Wildman–Crippen MR) is 77.4 cm³/mol. The quantitative estimate of drug-likeness (QED) is 0.712. The molecule has 2 heteroatoms. The summed E-state index contributed by atoms with van der Waals surface area (Å²) in [6.07, 6.45) is 2.33. The Hall–Kier alpha value is -0.690. The van der Waals surface area contributed by atoms with Crippen LogP contribution < -0.4 is 4.74 Å². The molecule has 0 N–H and O–H groups in total. The number of benzene rings is 1. The summed E-state index contributed by atoms with van der Waals surface area (Å²) in [5.74, 6) is 2.37. The third kappa shape index (κ3) is 2.14. The SMILES string of the molecule is COc1ccc(CCC2(C)C(CCl)C2(C)C)cc1. The fraction of sp³-hybridized carbons (Fsp3) is 0.625. The van der Waals surface area contributed by atoms with Crippen molar-refractivity contribution in [3.63, 3.8) is 0 Å². The van der Waals surface area contributed by atoms with Crippen molar-refractivity contribution in [2.45, 2.75) is 33.6 Å². The smallest absolute Gasteiger partial charge is 0.118 e. The summed E-state index contributed by atoms with van der Waals surface area (Å²) in [5.41, 5.74) is 2.17. The number of alkyl halides is 1. The summed E-state index contributed by atoms with van der Waals surface area (Å²) < 4.78 is 5.18. The Morgan fingerprint density at radius 3 is 2.22 bits per heavy atom. The number of ether oxygens (including phenoxy) is 1. The third-order valence-corrected chi connectivity index (χ3v) is 5.58. The van der Waals surface area contributed by atoms with Crippen LogP contribution in [-0.4, -0.2) is 13.0 Å². The average Bonchev–Trinajstić information content (AvgIpc) is 2.80. The summed E-state index contributed by atoms with van der Waals surface area (Å²) in [4.78, 5) is 0. The molecule has 1 aliphatic carbocycles. The van der Waals surface area contributed by atoms with Crippen LogP contribution in [0.5, 0.6) is 5.75 Å². The van der Waals surface area contributed by atoms with Crippen molar-refractivity contribution in [1.82, 2.24) is 0 Å². The minimum atomic E-state index is 0.390. The van der Waals surface area contributed by atoms with E-state index in [-0.39, 0.29) is 0 Å². The molecule has 1 saturated carbocycles. The van der Waals surface area contributed by atoms with E-state index in [9.17, 15) is 0 Å². The molecule has 2 unspecified atom stereocenters. The van der Waals surface area contributed by atoms with Crippen LogP contribution in [0.1, 0.15) is 32.8 Å². The molecular weight excluding hydrogens is 244 g/mol. The van der Waals surface area contributed by atoms with Crippen LogP contribution in [0.25, 0.3) is 0 Å². The van der Waals surface area contributed by atoms with Crippen molar-refractivity contribution < 1.29 is 4.74 Å². The highest BCUT2D eigenvalue weighted by Crippen LogP contribution is 2.70. The molecule has 100 valence electrons. The lowest BCUT2D eigenvalue weighted by Gasteiger charge is -2.14. The van der Waals surface area contributed by atoms with Crippen LogP contribution in [0, 0.1) is 16.7 Å². The van der Waals surface area contributed by atoms with Crippen molar-refractivity contribution in [3.05, 3.63) is 29.8 Å². The molecule has 1 fully saturated rings. The lowest BCUT2D eigenvalue weighted by atomic mass is 9.91. The maximum atomic E-state index is 6.07. The molecule has 1 aromatic rings. The van der Waals surface area contributed by atoms with Crippen molar-refractivity contribution in [2.24, 2.45) is 16.7 Å².